The minimum Gasteiger partial charge on any atom is -0.616 e. The van der Waals surface area contributed by atoms with Crippen molar-refractivity contribution in [2.75, 3.05) is 6.61 Å². The summed E-state index contributed by atoms with van der Waals surface area (Å²) >= 11 is 0. The fourth-order valence-electron chi connectivity index (χ4n) is 1.01. The van der Waals surface area contributed by atoms with Crippen LogP contribution in [0.4, 0.5) is 0 Å². The molecule has 1 rings (SSSR count). The molecule has 1 aromatic heterocycles. The van der Waals surface area contributed by atoms with Crippen LogP contribution in [-0.2, 0) is 0 Å². The zero-order valence-electron chi connectivity index (χ0n) is 8.12. The van der Waals surface area contributed by atoms with E-state index in [9.17, 15) is 5.21 Å². The van der Waals surface area contributed by atoms with Crippen LogP contribution in [0.25, 0.3) is 0 Å². The zero-order chi connectivity index (χ0) is 9.68. The number of hydrogen-bond donors (Lipinski definition) is 0. The predicted octanol–water partition coefficient (Wildman–Crippen LogP) is 1.81. The topological polar surface area (TPSA) is 36.2 Å². The molecule has 72 valence electrons. The smallest absolute Gasteiger partial charge is 0.379 e. The van der Waals surface area contributed by atoms with E-state index < -0.39 is 0 Å². The molecule has 0 fully saturated rings. The first-order chi connectivity index (χ1) is 6.25. The number of rotatable bonds is 4. The first-order valence-corrected chi connectivity index (χ1v) is 4.57. The first-order valence-electron chi connectivity index (χ1n) is 4.57. The van der Waals surface area contributed by atoms with E-state index in [-0.39, 0.29) is 0 Å². The molecule has 0 aliphatic carbocycles. The highest BCUT2D eigenvalue weighted by Crippen LogP contribution is 2.04. The highest BCUT2D eigenvalue weighted by Gasteiger charge is 2.06. The van der Waals surface area contributed by atoms with Gasteiger partial charge in [0, 0.05) is 13.0 Å². The maximum Gasteiger partial charge on any atom is 0.379 e. The van der Waals surface area contributed by atoms with Crippen molar-refractivity contribution in [1.29, 1.82) is 0 Å². The van der Waals surface area contributed by atoms with Crippen LogP contribution in [0.15, 0.2) is 18.2 Å². The zero-order valence-corrected chi connectivity index (χ0v) is 8.12. The molecule has 0 unspecified atom stereocenters. The Morgan fingerprint density at radius 3 is 2.92 bits per heavy atom. The molecular formula is C10H15NO2. The molecule has 0 amide bonds. The van der Waals surface area contributed by atoms with Crippen LogP contribution in [0.1, 0.15) is 25.5 Å². The van der Waals surface area contributed by atoms with E-state index in [0.717, 1.165) is 17.6 Å². The number of aryl methyl sites for hydroxylation is 1. The Balaban J connectivity index is 2.61. The summed E-state index contributed by atoms with van der Waals surface area (Å²) in [5, 5.41) is 11.4. The second-order valence-electron chi connectivity index (χ2n) is 3.00. The van der Waals surface area contributed by atoms with Crippen LogP contribution >= 0.6 is 0 Å². The van der Waals surface area contributed by atoms with Gasteiger partial charge in [-0.05, 0) is 12.5 Å². The van der Waals surface area contributed by atoms with Crippen LogP contribution in [-0.4, -0.2) is 6.61 Å². The molecule has 0 saturated heterocycles. The molecule has 0 spiro atoms. The summed E-state index contributed by atoms with van der Waals surface area (Å²) in [6, 6.07) is 5.28. The lowest BCUT2D eigenvalue weighted by atomic mass is 10.3. The van der Waals surface area contributed by atoms with E-state index in [2.05, 4.69) is 6.92 Å². The van der Waals surface area contributed by atoms with Crippen molar-refractivity contribution in [3.63, 3.8) is 0 Å². The Bertz CT molecular complexity index is 274. The van der Waals surface area contributed by atoms with Gasteiger partial charge in [-0.2, -0.15) is 0 Å². The Kier molecular flexibility index (Phi) is 3.55. The Morgan fingerprint density at radius 1 is 1.46 bits per heavy atom. The third kappa shape index (κ3) is 2.61. The molecule has 0 radical (unpaired) electrons. The molecule has 0 aromatic carbocycles. The van der Waals surface area contributed by atoms with Gasteiger partial charge in [0.25, 0.3) is 0 Å². The van der Waals surface area contributed by atoms with E-state index in [1.807, 2.05) is 6.07 Å². The van der Waals surface area contributed by atoms with Crippen molar-refractivity contribution < 1.29 is 9.47 Å². The lowest BCUT2D eigenvalue weighted by molar-refractivity contribution is -0.619. The third-order valence-corrected chi connectivity index (χ3v) is 1.84. The molecule has 1 aromatic rings. The van der Waals surface area contributed by atoms with Crippen molar-refractivity contribution in [1.82, 2.24) is 0 Å². The number of unbranched alkanes of at least 4 members (excludes halogenated alkanes) is 1. The molecule has 1 heterocycles. The van der Waals surface area contributed by atoms with Crippen molar-refractivity contribution in [3.05, 3.63) is 29.1 Å². The Hall–Kier alpha value is -1.25. The van der Waals surface area contributed by atoms with Gasteiger partial charge in [0.2, 0.25) is 0 Å². The third-order valence-electron chi connectivity index (χ3n) is 1.84. The summed E-state index contributed by atoms with van der Waals surface area (Å²) in [4.78, 5) is 0. The molecule has 0 saturated carbocycles. The summed E-state index contributed by atoms with van der Waals surface area (Å²) in [5.74, 6) is 0.397. The minimum absolute atomic E-state index is 0.397. The van der Waals surface area contributed by atoms with Crippen LogP contribution in [0.5, 0.6) is 5.88 Å². The molecule has 3 nitrogen and oxygen atoms in total. The van der Waals surface area contributed by atoms with Gasteiger partial charge >= 0.3 is 5.88 Å². The van der Waals surface area contributed by atoms with Crippen LogP contribution in [0, 0.1) is 12.1 Å². The van der Waals surface area contributed by atoms with Gasteiger partial charge in [-0.1, -0.05) is 13.3 Å². The van der Waals surface area contributed by atoms with E-state index in [4.69, 9.17) is 4.74 Å². The number of hydrogen-bond acceptors (Lipinski definition) is 2. The average Bonchev–Trinajstić information content (AvgIpc) is 2.13. The van der Waals surface area contributed by atoms with Crippen molar-refractivity contribution >= 4 is 0 Å². The number of aromatic nitrogens is 1. The number of nitrogens with zero attached hydrogens (tertiary/aromatic N) is 1. The normalized spacial score (nSPS) is 10.0. The highest BCUT2D eigenvalue weighted by atomic mass is 16.5. The average molecular weight is 181 g/mol. The van der Waals surface area contributed by atoms with Crippen molar-refractivity contribution in [3.8, 4) is 5.88 Å². The van der Waals surface area contributed by atoms with Crippen LogP contribution in [0.3, 0.4) is 0 Å². The van der Waals surface area contributed by atoms with Gasteiger partial charge < -0.3 is 9.94 Å². The second kappa shape index (κ2) is 4.70. The molecule has 0 atom stereocenters. The lowest BCUT2D eigenvalue weighted by Crippen LogP contribution is -2.32. The van der Waals surface area contributed by atoms with Crippen LogP contribution in [0.2, 0.25) is 0 Å². The fraction of sp³-hybridized carbons (Fsp3) is 0.500. The Labute approximate surface area is 78.5 Å². The van der Waals surface area contributed by atoms with E-state index in [0.29, 0.717) is 18.2 Å². The quantitative estimate of drug-likeness (QED) is 0.403. The molecular weight excluding hydrogens is 166 g/mol. The molecule has 3 heteroatoms. The van der Waals surface area contributed by atoms with Crippen molar-refractivity contribution in [2.24, 2.45) is 0 Å². The summed E-state index contributed by atoms with van der Waals surface area (Å²) in [5.41, 5.74) is 0.661. The lowest BCUT2D eigenvalue weighted by Gasteiger charge is -2.06. The second-order valence-corrected chi connectivity index (χ2v) is 3.00. The van der Waals surface area contributed by atoms with Gasteiger partial charge in [0.15, 0.2) is 5.69 Å². The van der Waals surface area contributed by atoms with Gasteiger partial charge in [-0.15, -0.1) is 4.73 Å². The summed E-state index contributed by atoms with van der Waals surface area (Å²) in [6.07, 6.45) is 2.05. The Morgan fingerprint density at radius 2 is 2.23 bits per heavy atom. The minimum atomic E-state index is 0.397. The standard InChI is InChI=1S/C10H15NO2/c1-3-4-8-13-10-7-5-6-9(2)11(10)12/h5-7H,3-4,8H2,1-2H3. The maximum atomic E-state index is 11.4. The highest BCUT2D eigenvalue weighted by molar-refractivity contribution is 5.07. The largest absolute Gasteiger partial charge is 0.616 e. The summed E-state index contributed by atoms with van der Waals surface area (Å²) in [6.45, 7) is 4.47. The van der Waals surface area contributed by atoms with E-state index >= 15 is 0 Å². The SMILES string of the molecule is CCCCOc1cccc(C)[n+]1[O-]. The number of pyridine rings is 1. The molecule has 0 N–H and O–H groups in total. The van der Waals surface area contributed by atoms with Crippen LogP contribution < -0.4 is 9.47 Å². The molecule has 0 aliphatic rings. The fourth-order valence-corrected chi connectivity index (χ4v) is 1.01. The van der Waals surface area contributed by atoms with Gasteiger partial charge in [0.1, 0.15) is 0 Å². The number of ether oxygens (including phenoxy) is 1. The monoisotopic (exact) mass is 181 g/mol. The predicted molar refractivity (Wildman–Crippen MR) is 50.5 cm³/mol. The van der Waals surface area contributed by atoms with Gasteiger partial charge in [-0.3, -0.25) is 0 Å². The van der Waals surface area contributed by atoms with Gasteiger partial charge in [0.05, 0.1) is 12.7 Å². The summed E-state index contributed by atoms with van der Waals surface area (Å²) < 4.78 is 6.12. The first kappa shape index (κ1) is 9.84. The van der Waals surface area contributed by atoms with Crippen molar-refractivity contribution in [2.45, 2.75) is 26.7 Å². The van der Waals surface area contributed by atoms with E-state index in [1.54, 1.807) is 19.1 Å². The van der Waals surface area contributed by atoms with Gasteiger partial charge in [-0.25, -0.2) is 0 Å². The molecule has 13 heavy (non-hydrogen) atoms. The van der Waals surface area contributed by atoms with E-state index in [1.165, 1.54) is 0 Å². The maximum absolute atomic E-state index is 11.4. The summed E-state index contributed by atoms with van der Waals surface area (Å²) in [7, 11) is 0. The molecule has 0 bridgehead atoms. The molecule has 0 aliphatic heterocycles.